The number of rotatable bonds is 6. The molecule has 2 rings (SSSR count). The third kappa shape index (κ3) is 3.83. The smallest absolute Gasteiger partial charge is 0.345 e. The van der Waals surface area contributed by atoms with Gasteiger partial charge in [0.2, 0.25) is 0 Å². The van der Waals surface area contributed by atoms with Crippen LogP contribution in [0.2, 0.25) is 0 Å². The van der Waals surface area contributed by atoms with Crippen LogP contribution in [0, 0.1) is 27.4 Å². The van der Waals surface area contributed by atoms with Gasteiger partial charge in [0.25, 0.3) is 11.6 Å². The average Bonchev–Trinajstić information content (AvgIpc) is 3.37. The lowest BCUT2D eigenvalue weighted by atomic mass is 9.98. The molecule has 0 aliphatic heterocycles. The lowest BCUT2D eigenvalue weighted by Crippen LogP contribution is -2.48. The Labute approximate surface area is 132 Å². The molecule has 0 bridgehead atoms. The number of hydrogen-bond donors (Lipinski definition) is 1. The molecule has 23 heavy (non-hydrogen) atoms. The van der Waals surface area contributed by atoms with Crippen molar-refractivity contribution < 1.29 is 19.2 Å². The molecule has 0 radical (unpaired) electrons. The summed E-state index contributed by atoms with van der Waals surface area (Å²) in [6.45, 7) is 1.02. The summed E-state index contributed by atoms with van der Waals surface area (Å²) in [5.74, 6) is -1.48. The summed E-state index contributed by atoms with van der Waals surface area (Å²) in [4.78, 5) is 33.9. The SMILES string of the molecule is C[C@@](C#N)(NC(=O)COC(=O)c1ccccc1[N+](=O)[O-])C1CC1. The van der Waals surface area contributed by atoms with Crippen molar-refractivity contribution in [2.24, 2.45) is 5.92 Å². The van der Waals surface area contributed by atoms with Gasteiger partial charge in [-0.2, -0.15) is 5.26 Å². The number of benzene rings is 1. The Hall–Kier alpha value is -2.95. The summed E-state index contributed by atoms with van der Waals surface area (Å²) in [5, 5.41) is 22.5. The standard InChI is InChI=1S/C15H15N3O5/c1-15(9-16,10-6-7-10)17-13(19)8-23-14(20)11-4-2-3-5-12(11)18(21)22/h2-5,10H,6-8H2,1H3,(H,17,19)/t15-/m0/s1. The molecule has 1 atom stereocenters. The molecule has 8 heteroatoms. The largest absolute Gasteiger partial charge is 0.452 e. The third-order valence-electron chi connectivity index (χ3n) is 3.68. The van der Waals surface area contributed by atoms with Gasteiger partial charge in [-0.05, 0) is 31.7 Å². The Balaban J connectivity index is 1.96. The first-order valence-corrected chi connectivity index (χ1v) is 7.00. The lowest BCUT2D eigenvalue weighted by molar-refractivity contribution is -0.385. The molecule has 0 unspecified atom stereocenters. The minimum Gasteiger partial charge on any atom is -0.452 e. The first kappa shape index (κ1) is 16.4. The topological polar surface area (TPSA) is 122 Å². The Morgan fingerprint density at radius 1 is 1.48 bits per heavy atom. The fraction of sp³-hybridized carbons (Fsp3) is 0.400. The number of hydrogen-bond acceptors (Lipinski definition) is 6. The summed E-state index contributed by atoms with van der Waals surface area (Å²) in [6, 6.07) is 7.37. The average molecular weight is 317 g/mol. The molecule has 0 aromatic heterocycles. The number of nitriles is 1. The van der Waals surface area contributed by atoms with Crippen LogP contribution in [0.4, 0.5) is 5.69 Å². The van der Waals surface area contributed by atoms with Crippen LogP contribution in [0.5, 0.6) is 0 Å². The van der Waals surface area contributed by atoms with Crippen LogP contribution in [-0.4, -0.2) is 28.9 Å². The summed E-state index contributed by atoms with van der Waals surface area (Å²) in [6.07, 6.45) is 1.72. The van der Waals surface area contributed by atoms with Crippen molar-refractivity contribution in [3.63, 3.8) is 0 Å². The molecule has 120 valence electrons. The maximum Gasteiger partial charge on any atom is 0.345 e. The number of nitrogens with zero attached hydrogens (tertiary/aromatic N) is 2. The minimum atomic E-state index is -0.984. The van der Waals surface area contributed by atoms with E-state index in [9.17, 15) is 19.7 Å². The van der Waals surface area contributed by atoms with Gasteiger partial charge < -0.3 is 10.1 Å². The molecule has 1 aromatic rings. The zero-order chi connectivity index (χ0) is 17.0. The number of ether oxygens (including phenoxy) is 1. The number of carbonyl (C=O) groups is 2. The van der Waals surface area contributed by atoms with Gasteiger partial charge >= 0.3 is 5.97 Å². The maximum atomic E-state index is 11.9. The number of esters is 1. The normalized spacial score (nSPS) is 15.8. The highest BCUT2D eigenvalue weighted by atomic mass is 16.6. The van der Waals surface area contributed by atoms with Gasteiger partial charge in [0.05, 0.1) is 11.0 Å². The highest BCUT2D eigenvalue weighted by Gasteiger charge is 2.43. The van der Waals surface area contributed by atoms with Crippen molar-refractivity contribution in [2.45, 2.75) is 25.3 Å². The summed E-state index contributed by atoms with van der Waals surface area (Å²) in [5.41, 5.74) is -1.60. The number of nitro benzene ring substituents is 1. The summed E-state index contributed by atoms with van der Waals surface area (Å²) in [7, 11) is 0. The van der Waals surface area contributed by atoms with E-state index in [-0.39, 0.29) is 11.5 Å². The quantitative estimate of drug-likeness (QED) is 0.482. The molecule has 0 spiro atoms. The Morgan fingerprint density at radius 3 is 2.70 bits per heavy atom. The second kappa shape index (κ2) is 6.44. The van der Waals surface area contributed by atoms with E-state index in [2.05, 4.69) is 11.4 Å². The predicted octanol–water partition coefficient (Wildman–Crippen LogP) is 1.56. The molecule has 1 aromatic carbocycles. The van der Waals surface area contributed by atoms with E-state index in [1.165, 1.54) is 24.3 Å². The second-order valence-electron chi connectivity index (χ2n) is 5.49. The fourth-order valence-electron chi connectivity index (χ4n) is 2.22. The number of nitro groups is 1. The van der Waals surface area contributed by atoms with Gasteiger partial charge in [0.15, 0.2) is 6.61 Å². The van der Waals surface area contributed by atoms with E-state index in [1.807, 2.05) is 0 Å². The van der Waals surface area contributed by atoms with Crippen LogP contribution in [0.3, 0.4) is 0 Å². The van der Waals surface area contributed by atoms with Gasteiger partial charge in [0, 0.05) is 6.07 Å². The molecule has 1 N–H and O–H groups in total. The van der Waals surface area contributed by atoms with Gasteiger partial charge in [-0.1, -0.05) is 12.1 Å². The van der Waals surface area contributed by atoms with Crippen molar-refractivity contribution in [3.8, 4) is 6.07 Å². The van der Waals surface area contributed by atoms with Crippen LogP contribution < -0.4 is 5.32 Å². The van der Waals surface area contributed by atoms with Crippen molar-refractivity contribution in [1.82, 2.24) is 5.32 Å². The summed E-state index contributed by atoms with van der Waals surface area (Å²) >= 11 is 0. The van der Waals surface area contributed by atoms with Crippen LogP contribution in [-0.2, 0) is 9.53 Å². The third-order valence-corrected chi connectivity index (χ3v) is 3.68. The molecule has 1 fully saturated rings. The van der Waals surface area contributed by atoms with E-state index >= 15 is 0 Å². The molecular formula is C15H15N3O5. The predicted molar refractivity (Wildman–Crippen MR) is 78.3 cm³/mol. The van der Waals surface area contributed by atoms with Gasteiger partial charge in [-0.15, -0.1) is 0 Å². The zero-order valence-electron chi connectivity index (χ0n) is 12.4. The maximum absolute atomic E-state index is 11.9. The van der Waals surface area contributed by atoms with Crippen LogP contribution >= 0.6 is 0 Å². The lowest BCUT2D eigenvalue weighted by Gasteiger charge is -2.22. The molecular weight excluding hydrogens is 302 g/mol. The van der Waals surface area contributed by atoms with Gasteiger partial charge in [0.1, 0.15) is 11.1 Å². The van der Waals surface area contributed by atoms with Crippen LogP contribution in [0.1, 0.15) is 30.1 Å². The number of amides is 1. The van der Waals surface area contributed by atoms with E-state index in [0.717, 1.165) is 12.8 Å². The Bertz CT molecular complexity index is 693. The highest BCUT2D eigenvalue weighted by molar-refractivity contribution is 5.95. The van der Waals surface area contributed by atoms with Crippen molar-refractivity contribution in [2.75, 3.05) is 6.61 Å². The highest BCUT2D eigenvalue weighted by Crippen LogP contribution is 2.39. The van der Waals surface area contributed by atoms with Crippen LogP contribution in [0.25, 0.3) is 0 Å². The first-order valence-electron chi connectivity index (χ1n) is 7.00. The zero-order valence-corrected chi connectivity index (χ0v) is 12.4. The number of para-hydroxylation sites is 1. The van der Waals surface area contributed by atoms with Crippen LogP contribution in [0.15, 0.2) is 24.3 Å². The number of carbonyl (C=O) groups excluding carboxylic acids is 2. The van der Waals surface area contributed by atoms with E-state index < -0.39 is 34.6 Å². The van der Waals surface area contributed by atoms with Crippen molar-refractivity contribution in [1.29, 1.82) is 5.26 Å². The number of nitrogens with one attached hydrogen (secondary N) is 1. The van der Waals surface area contributed by atoms with E-state index in [1.54, 1.807) is 6.92 Å². The molecule has 1 aliphatic rings. The van der Waals surface area contributed by atoms with Gasteiger partial charge in [-0.3, -0.25) is 14.9 Å². The fourth-order valence-corrected chi connectivity index (χ4v) is 2.22. The first-order chi connectivity index (χ1) is 10.9. The monoisotopic (exact) mass is 317 g/mol. The van der Waals surface area contributed by atoms with Crippen molar-refractivity contribution >= 4 is 17.6 Å². The minimum absolute atomic E-state index is 0.0994. The van der Waals surface area contributed by atoms with Crippen molar-refractivity contribution in [3.05, 3.63) is 39.9 Å². The van der Waals surface area contributed by atoms with Gasteiger partial charge in [-0.25, -0.2) is 4.79 Å². The Kier molecular flexibility index (Phi) is 4.60. The molecule has 1 saturated carbocycles. The molecule has 8 nitrogen and oxygen atoms in total. The van der Waals surface area contributed by atoms with E-state index in [4.69, 9.17) is 10.00 Å². The second-order valence-corrected chi connectivity index (χ2v) is 5.49. The Morgan fingerprint density at radius 2 is 2.13 bits per heavy atom. The summed E-state index contributed by atoms with van der Waals surface area (Å²) < 4.78 is 4.81. The van der Waals surface area contributed by atoms with E-state index in [0.29, 0.717) is 0 Å². The molecule has 1 amide bonds. The molecule has 0 saturated heterocycles. The molecule has 0 heterocycles. The molecule has 1 aliphatic carbocycles.